The molecule has 1 aromatic rings. The Bertz CT molecular complexity index is 220. The van der Waals surface area contributed by atoms with Crippen molar-refractivity contribution in [1.29, 1.82) is 0 Å². The van der Waals surface area contributed by atoms with E-state index in [1.54, 1.807) is 12.5 Å². The van der Waals surface area contributed by atoms with Gasteiger partial charge in [-0.1, -0.05) is 0 Å². The number of aromatic amines is 1. The van der Waals surface area contributed by atoms with Crippen LogP contribution in [-0.4, -0.2) is 22.7 Å². The lowest BCUT2D eigenvalue weighted by atomic mass is 10.3. The van der Waals surface area contributed by atoms with Gasteiger partial charge in [0, 0.05) is 18.3 Å². The number of carbonyl (C=O) groups is 1. The van der Waals surface area contributed by atoms with Crippen LogP contribution in [0.2, 0.25) is 0 Å². The molecule has 3 N–H and O–H groups in total. The van der Waals surface area contributed by atoms with Crippen molar-refractivity contribution in [1.82, 2.24) is 9.97 Å². The van der Waals surface area contributed by atoms with E-state index in [0.717, 1.165) is 5.69 Å². The first-order valence-corrected chi connectivity index (χ1v) is 3.18. The summed E-state index contributed by atoms with van der Waals surface area (Å²) in [5.41, 5.74) is 5.67. The summed E-state index contributed by atoms with van der Waals surface area (Å²) in [6, 6.07) is 0. The number of imidazole rings is 1. The number of primary amides is 1. The lowest BCUT2D eigenvalue weighted by Gasteiger charge is -1.97. The molecule has 5 nitrogen and oxygen atoms in total. The van der Waals surface area contributed by atoms with Gasteiger partial charge in [0.2, 0.25) is 0 Å². The molecule has 0 atom stereocenters. The average molecular weight is 155 g/mol. The highest BCUT2D eigenvalue weighted by molar-refractivity contribution is 5.64. The van der Waals surface area contributed by atoms with E-state index >= 15 is 0 Å². The molecule has 0 saturated heterocycles. The molecule has 1 rings (SSSR count). The number of rotatable bonds is 3. The Balaban J connectivity index is 2.19. The maximum atomic E-state index is 10.1. The van der Waals surface area contributed by atoms with Crippen LogP contribution in [0.25, 0.3) is 0 Å². The summed E-state index contributed by atoms with van der Waals surface area (Å²) in [6.45, 7) is 0.289. The summed E-state index contributed by atoms with van der Waals surface area (Å²) in [5, 5.41) is 0. The molecule has 11 heavy (non-hydrogen) atoms. The fraction of sp³-hybridized carbons (Fsp3) is 0.333. The lowest BCUT2D eigenvalue weighted by molar-refractivity contribution is 0.158. The molecule has 60 valence electrons. The van der Waals surface area contributed by atoms with E-state index < -0.39 is 6.09 Å². The zero-order valence-corrected chi connectivity index (χ0v) is 5.91. The van der Waals surface area contributed by atoms with Gasteiger partial charge >= 0.3 is 6.09 Å². The predicted molar refractivity (Wildman–Crippen MR) is 37.8 cm³/mol. The normalized spacial score (nSPS) is 9.45. The van der Waals surface area contributed by atoms with Crippen molar-refractivity contribution in [2.24, 2.45) is 5.73 Å². The van der Waals surface area contributed by atoms with E-state index in [2.05, 4.69) is 14.7 Å². The van der Waals surface area contributed by atoms with E-state index in [-0.39, 0.29) is 6.61 Å². The third kappa shape index (κ3) is 2.70. The van der Waals surface area contributed by atoms with E-state index in [9.17, 15) is 4.79 Å². The smallest absolute Gasteiger partial charge is 0.404 e. The summed E-state index contributed by atoms with van der Waals surface area (Å²) in [6.07, 6.45) is 3.11. The van der Waals surface area contributed by atoms with Gasteiger partial charge in [-0.05, 0) is 0 Å². The summed E-state index contributed by atoms with van der Waals surface area (Å²) in [4.78, 5) is 16.8. The van der Waals surface area contributed by atoms with Crippen LogP contribution in [0.3, 0.4) is 0 Å². The third-order valence-corrected chi connectivity index (χ3v) is 1.17. The quantitative estimate of drug-likeness (QED) is 0.647. The highest BCUT2D eigenvalue weighted by Crippen LogP contribution is 1.92. The topological polar surface area (TPSA) is 81.0 Å². The number of hydrogen-bond acceptors (Lipinski definition) is 3. The van der Waals surface area contributed by atoms with E-state index in [1.165, 1.54) is 0 Å². The fourth-order valence-electron chi connectivity index (χ4n) is 0.683. The van der Waals surface area contributed by atoms with Gasteiger partial charge in [0.25, 0.3) is 0 Å². The standard InChI is InChI=1S/C6H9N3O2/c7-6(10)11-2-1-5-3-8-4-9-5/h3-4H,1-2H2,(H2,7,10)(H,8,9). The molecular weight excluding hydrogens is 146 g/mol. The number of amides is 1. The second kappa shape index (κ2) is 3.60. The van der Waals surface area contributed by atoms with Crippen LogP contribution in [0.15, 0.2) is 12.5 Å². The van der Waals surface area contributed by atoms with Crippen molar-refractivity contribution in [3.05, 3.63) is 18.2 Å². The van der Waals surface area contributed by atoms with Crippen molar-refractivity contribution < 1.29 is 9.53 Å². The minimum absolute atomic E-state index is 0.289. The number of nitrogens with two attached hydrogens (primary N) is 1. The zero-order valence-electron chi connectivity index (χ0n) is 5.91. The number of nitrogens with one attached hydrogen (secondary N) is 1. The first-order valence-electron chi connectivity index (χ1n) is 3.18. The molecule has 0 radical (unpaired) electrons. The second-order valence-electron chi connectivity index (χ2n) is 1.99. The van der Waals surface area contributed by atoms with E-state index in [4.69, 9.17) is 5.73 Å². The van der Waals surface area contributed by atoms with Crippen molar-refractivity contribution in [2.75, 3.05) is 6.61 Å². The van der Waals surface area contributed by atoms with Crippen molar-refractivity contribution >= 4 is 6.09 Å². The molecule has 0 unspecified atom stereocenters. The Kier molecular flexibility index (Phi) is 2.48. The molecule has 0 aromatic carbocycles. The summed E-state index contributed by atoms with van der Waals surface area (Å²) in [7, 11) is 0. The molecule has 0 spiro atoms. The van der Waals surface area contributed by atoms with Crippen LogP contribution >= 0.6 is 0 Å². The number of aromatic nitrogens is 2. The van der Waals surface area contributed by atoms with Gasteiger partial charge in [0.15, 0.2) is 0 Å². The Hall–Kier alpha value is -1.52. The third-order valence-electron chi connectivity index (χ3n) is 1.17. The van der Waals surface area contributed by atoms with Crippen molar-refractivity contribution in [3.63, 3.8) is 0 Å². The fourth-order valence-corrected chi connectivity index (χ4v) is 0.683. The Morgan fingerprint density at radius 1 is 1.82 bits per heavy atom. The van der Waals surface area contributed by atoms with Gasteiger partial charge in [-0.15, -0.1) is 0 Å². The van der Waals surface area contributed by atoms with Crippen molar-refractivity contribution in [3.8, 4) is 0 Å². The summed E-state index contributed by atoms with van der Waals surface area (Å²) in [5.74, 6) is 0. The van der Waals surface area contributed by atoms with Gasteiger partial charge in [0.05, 0.1) is 12.9 Å². The van der Waals surface area contributed by atoms with E-state index in [0.29, 0.717) is 6.42 Å². The molecule has 0 fully saturated rings. The predicted octanol–water partition coefficient (Wildman–Crippen LogP) is 0.0475. The van der Waals surface area contributed by atoms with Crippen LogP contribution < -0.4 is 5.73 Å². The molecular formula is C6H9N3O2. The van der Waals surface area contributed by atoms with Gasteiger partial charge in [-0.25, -0.2) is 9.78 Å². The number of carbonyl (C=O) groups excluding carboxylic acids is 1. The molecule has 0 aliphatic carbocycles. The maximum Gasteiger partial charge on any atom is 0.404 e. The zero-order chi connectivity index (χ0) is 8.10. The molecule has 0 aliphatic heterocycles. The van der Waals surface area contributed by atoms with Crippen molar-refractivity contribution in [2.45, 2.75) is 6.42 Å². The minimum atomic E-state index is -0.746. The minimum Gasteiger partial charge on any atom is -0.449 e. The van der Waals surface area contributed by atoms with Crippen LogP contribution in [0.4, 0.5) is 4.79 Å². The van der Waals surface area contributed by atoms with Crippen LogP contribution in [0.5, 0.6) is 0 Å². The van der Waals surface area contributed by atoms with Gasteiger partial charge < -0.3 is 15.5 Å². The highest BCUT2D eigenvalue weighted by Gasteiger charge is 1.95. The summed E-state index contributed by atoms with van der Waals surface area (Å²) >= 11 is 0. The Labute approximate surface area is 63.6 Å². The Morgan fingerprint density at radius 2 is 2.64 bits per heavy atom. The number of hydrogen-bond donors (Lipinski definition) is 2. The first kappa shape index (κ1) is 7.59. The van der Waals surface area contributed by atoms with Crippen LogP contribution in [0, 0.1) is 0 Å². The largest absolute Gasteiger partial charge is 0.449 e. The van der Waals surface area contributed by atoms with Crippen LogP contribution in [0.1, 0.15) is 5.69 Å². The maximum absolute atomic E-state index is 10.1. The molecule has 1 amide bonds. The van der Waals surface area contributed by atoms with Gasteiger partial charge in [-0.3, -0.25) is 0 Å². The summed E-state index contributed by atoms with van der Waals surface area (Å²) < 4.78 is 4.51. The molecule has 0 bridgehead atoms. The van der Waals surface area contributed by atoms with Crippen LogP contribution in [-0.2, 0) is 11.2 Å². The average Bonchev–Trinajstić information content (AvgIpc) is 2.39. The van der Waals surface area contributed by atoms with Gasteiger partial charge in [0.1, 0.15) is 0 Å². The SMILES string of the molecule is NC(=O)OCCc1cnc[nH]1. The number of nitrogens with zero attached hydrogens (tertiary/aromatic N) is 1. The lowest BCUT2D eigenvalue weighted by Crippen LogP contribution is -2.14. The first-order chi connectivity index (χ1) is 5.29. The van der Waals surface area contributed by atoms with Gasteiger partial charge in [-0.2, -0.15) is 0 Å². The number of ether oxygens (including phenoxy) is 1. The van der Waals surface area contributed by atoms with E-state index in [1.807, 2.05) is 0 Å². The number of H-pyrrole nitrogens is 1. The molecule has 0 aliphatic rings. The highest BCUT2D eigenvalue weighted by atomic mass is 16.5. The Morgan fingerprint density at radius 3 is 3.18 bits per heavy atom. The molecule has 0 saturated carbocycles. The monoisotopic (exact) mass is 155 g/mol. The molecule has 5 heteroatoms. The molecule has 1 heterocycles. The second-order valence-corrected chi connectivity index (χ2v) is 1.99. The molecule has 1 aromatic heterocycles.